The van der Waals surface area contributed by atoms with Gasteiger partial charge in [0, 0.05) is 24.8 Å². The van der Waals surface area contributed by atoms with Gasteiger partial charge in [-0.1, -0.05) is 18.2 Å². The van der Waals surface area contributed by atoms with Gasteiger partial charge in [0.05, 0.1) is 11.7 Å². The highest BCUT2D eigenvalue weighted by molar-refractivity contribution is 5.74. The topological polar surface area (TPSA) is 78.8 Å². The number of rotatable bonds is 4. The summed E-state index contributed by atoms with van der Waals surface area (Å²) in [6.45, 7) is 9.91. The first-order valence-corrected chi connectivity index (χ1v) is 9.41. The Kier molecular flexibility index (Phi) is 4.17. The fraction of sp³-hybridized carbons (Fsp3) is 0.450. The smallest absolute Gasteiger partial charge is 0.263 e. The van der Waals surface area contributed by atoms with Crippen molar-refractivity contribution in [1.82, 2.24) is 19.7 Å². The second kappa shape index (κ2) is 6.40. The zero-order chi connectivity index (χ0) is 19.2. The van der Waals surface area contributed by atoms with Crippen LogP contribution in [0.4, 0.5) is 11.6 Å². The third kappa shape index (κ3) is 3.18. The summed E-state index contributed by atoms with van der Waals surface area (Å²) < 4.78 is 1.79. The summed E-state index contributed by atoms with van der Waals surface area (Å²) in [5.41, 5.74) is 2.89. The van der Waals surface area contributed by atoms with Crippen molar-refractivity contribution in [2.75, 3.05) is 23.3 Å². The molecule has 2 N–H and O–H groups in total. The minimum atomic E-state index is -0.242. The van der Waals surface area contributed by atoms with Crippen LogP contribution in [0.5, 0.6) is 0 Å². The number of hydrogen-bond donors (Lipinski definition) is 2. The van der Waals surface area contributed by atoms with Crippen molar-refractivity contribution in [2.45, 2.75) is 45.7 Å². The second-order valence-corrected chi connectivity index (χ2v) is 8.18. The monoisotopic (exact) mass is 366 g/mol. The highest BCUT2D eigenvalue weighted by Crippen LogP contribution is 2.31. The van der Waals surface area contributed by atoms with Gasteiger partial charge in [-0.05, 0) is 45.7 Å². The molecule has 7 heteroatoms. The van der Waals surface area contributed by atoms with Crippen LogP contribution < -0.4 is 15.8 Å². The van der Waals surface area contributed by atoms with Crippen molar-refractivity contribution < 1.29 is 0 Å². The van der Waals surface area contributed by atoms with Crippen LogP contribution in [0, 0.1) is 0 Å². The highest BCUT2D eigenvalue weighted by Gasteiger charge is 2.25. The van der Waals surface area contributed by atoms with E-state index in [9.17, 15) is 4.79 Å². The molecule has 0 radical (unpaired) electrons. The molecule has 1 aromatic carbocycles. The van der Waals surface area contributed by atoms with Crippen molar-refractivity contribution in [3.05, 3.63) is 46.4 Å². The zero-order valence-corrected chi connectivity index (χ0v) is 16.3. The predicted molar refractivity (Wildman–Crippen MR) is 109 cm³/mol. The van der Waals surface area contributed by atoms with Gasteiger partial charge in [-0.25, -0.2) is 4.68 Å². The molecule has 0 saturated heterocycles. The van der Waals surface area contributed by atoms with Crippen molar-refractivity contribution >= 4 is 22.7 Å². The average molecular weight is 366 g/mol. The van der Waals surface area contributed by atoms with E-state index in [1.807, 2.05) is 20.8 Å². The van der Waals surface area contributed by atoms with Crippen LogP contribution in [0.3, 0.4) is 0 Å². The van der Waals surface area contributed by atoms with E-state index in [1.165, 1.54) is 11.3 Å². The van der Waals surface area contributed by atoms with E-state index in [2.05, 4.69) is 56.5 Å². The van der Waals surface area contributed by atoms with Crippen molar-refractivity contribution in [3.8, 4) is 0 Å². The van der Waals surface area contributed by atoms with Crippen LogP contribution in [-0.2, 0) is 12.0 Å². The summed E-state index contributed by atoms with van der Waals surface area (Å²) in [7, 11) is 0. The number of nitrogens with zero attached hydrogens (tertiary/aromatic N) is 4. The first kappa shape index (κ1) is 17.6. The van der Waals surface area contributed by atoms with E-state index in [0.717, 1.165) is 13.0 Å². The number of nitrogens with one attached hydrogen (secondary N) is 2. The van der Waals surface area contributed by atoms with Crippen molar-refractivity contribution in [3.63, 3.8) is 0 Å². The first-order valence-electron chi connectivity index (χ1n) is 9.41. The molecule has 0 amide bonds. The number of hydrogen-bond acceptors (Lipinski definition) is 5. The van der Waals surface area contributed by atoms with Gasteiger partial charge >= 0.3 is 0 Å². The largest absolute Gasteiger partial charge is 0.367 e. The van der Waals surface area contributed by atoms with Crippen LogP contribution in [0.2, 0.25) is 0 Å². The minimum absolute atomic E-state index is 0.169. The number of aromatic nitrogens is 4. The fourth-order valence-corrected chi connectivity index (χ4v) is 3.76. The van der Waals surface area contributed by atoms with E-state index >= 15 is 0 Å². The highest BCUT2D eigenvalue weighted by atomic mass is 16.1. The lowest BCUT2D eigenvalue weighted by Gasteiger charge is -2.25. The summed E-state index contributed by atoms with van der Waals surface area (Å²) in [5.74, 6) is 0.485. The van der Waals surface area contributed by atoms with E-state index < -0.39 is 0 Å². The van der Waals surface area contributed by atoms with Gasteiger partial charge in [-0.2, -0.15) is 10.1 Å². The molecule has 142 valence electrons. The standard InChI is InChI=1S/C20H26N6O/c1-13-11-14-7-5-6-8-16(14)25(13)10-9-21-19-23-17-15(18(27)24-19)12-22-26(17)20(2,3)4/h5-8,12-13H,9-11H2,1-4H3,(H2,21,23,24,27). The summed E-state index contributed by atoms with van der Waals surface area (Å²) in [6, 6.07) is 9.02. The number of aromatic amines is 1. The minimum Gasteiger partial charge on any atom is -0.367 e. The molecule has 1 unspecified atom stereocenters. The summed E-state index contributed by atoms with van der Waals surface area (Å²) >= 11 is 0. The third-order valence-corrected chi connectivity index (χ3v) is 5.07. The molecule has 7 nitrogen and oxygen atoms in total. The second-order valence-electron chi connectivity index (χ2n) is 8.18. The summed E-state index contributed by atoms with van der Waals surface area (Å²) in [5, 5.41) is 8.13. The lowest BCUT2D eigenvalue weighted by atomic mass is 10.1. The Bertz CT molecular complexity index is 1030. The van der Waals surface area contributed by atoms with Gasteiger partial charge in [0.2, 0.25) is 5.95 Å². The quantitative estimate of drug-likeness (QED) is 0.742. The molecular formula is C20H26N6O. The predicted octanol–water partition coefficient (Wildman–Crippen LogP) is 2.74. The number of benzene rings is 1. The number of fused-ring (bicyclic) bond motifs is 2. The number of anilines is 2. The molecule has 1 atom stereocenters. The van der Waals surface area contributed by atoms with Gasteiger partial charge in [-0.3, -0.25) is 9.78 Å². The molecule has 27 heavy (non-hydrogen) atoms. The van der Waals surface area contributed by atoms with E-state index in [0.29, 0.717) is 29.6 Å². The van der Waals surface area contributed by atoms with Crippen molar-refractivity contribution in [1.29, 1.82) is 0 Å². The van der Waals surface area contributed by atoms with E-state index in [4.69, 9.17) is 0 Å². The van der Waals surface area contributed by atoms with Crippen LogP contribution in [-0.4, -0.2) is 38.9 Å². The Hall–Kier alpha value is -2.83. The summed E-state index contributed by atoms with van der Waals surface area (Å²) in [6.07, 6.45) is 2.65. The third-order valence-electron chi connectivity index (χ3n) is 5.07. The number of H-pyrrole nitrogens is 1. The average Bonchev–Trinajstić information content (AvgIpc) is 3.16. The van der Waals surface area contributed by atoms with E-state index in [1.54, 1.807) is 10.9 Å². The van der Waals surface area contributed by atoms with Crippen molar-refractivity contribution in [2.24, 2.45) is 0 Å². The molecule has 0 bridgehead atoms. The molecule has 3 aromatic rings. The molecule has 0 fully saturated rings. The maximum absolute atomic E-state index is 12.4. The number of para-hydroxylation sites is 1. The van der Waals surface area contributed by atoms with Gasteiger partial charge < -0.3 is 10.2 Å². The lowest BCUT2D eigenvalue weighted by Crippen LogP contribution is -2.34. The Morgan fingerprint density at radius 1 is 1.30 bits per heavy atom. The lowest BCUT2D eigenvalue weighted by molar-refractivity contribution is 0.366. The summed E-state index contributed by atoms with van der Waals surface area (Å²) in [4.78, 5) is 22.2. The molecule has 1 aliphatic rings. The zero-order valence-electron chi connectivity index (χ0n) is 16.3. The maximum atomic E-state index is 12.4. The Morgan fingerprint density at radius 3 is 2.85 bits per heavy atom. The molecule has 4 rings (SSSR count). The van der Waals surface area contributed by atoms with Gasteiger partial charge in [0.1, 0.15) is 5.39 Å². The fourth-order valence-electron chi connectivity index (χ4n) is 3.76. The molecule has 1 aliphatic heterocycles. The maximum Gasteiger partial charge on any atom is 0.263 e. The van der Waals surface area contributed by atoms with Gasteiger partial charge in [-0.15, -0.1) is 0 Å². The first-order chi connectivity index (χ1) is 12.8. The van der Waals surface area contributed by atoms with Crippen LogP contribution in [0.15, 0.2) is 35.3 Å². The molecule has 0 aliphatic carbocycles. The van der Waals surface area contributed by atoms with E-state index in [-0.39, 0.29) is 11.1 Å². The Morgan fingerprint density at radius 2 is 2.07 bits per heavy atom. The van der Waals surface area contributed by atoms with Crippen LogP contribution in [0.1, 0.15) is 33.3 Å². The van der Waals surface area contributed by atoms with Crippen LogP contribution >= 0.6 is 0 Å². The van der Waals surface area contributed by atoms with Gasteiger partial charge in [0.25, 0.3) is 5.56 Å². The molecular weight excluding hydrogens is 340 g/mol. The molecule has 0 spiro atoms. The molecule has 3 heterocycles. The van der Waals surface area contributed by atoms with Crippen LogP contribution in [0.25, 0.3) is 11.0 Å². The SMILES string of the molecule is CC1Cc2ccccc2N1CCNc1nc2c(cnn2C(C)(C)C)c(=O)[nH]1. The Balaban J connectivity index is 1.52. The molecule has 0 saturated carbocycles. The Labute approximate surface area is 158 Å². The molecule has 2 aromatic heterocycles. The normalized spacial score (nSPS) is 16.7. The van der Waals surface area contributed by atoms with Gasteiger partial charge in [0.15, 0.2) is 5.65 Å².